The van der Waals surface area contributed by atoms with Crippen molar-refractivity contribution in [1.82, 2.24) is 0 Å². The molecule has 1 unspecified atom stereocenters. The molecule has 2 aromatic rings. The van der Waals surface area contributed by atoms with Crippen LogP contribution in [0.3, 0.4) is 0 Å². The highest BCUT2D eigenvalue weighted by atomic mass is 79.9. The van der Waals surface area contributed by atoms with E-state index in [0.717, 1.165) is 25.8 Å². The SMILES string of the molecule is Cc1cc(C(Cl)c2cc(Br)ccc2Br)co1. The van der Waals surface area contributed by atoms with E-state index in [9.17, 15) is 0 Å². The number of alkyl halides is 1. The van der Waals surface area contributed by atoms with E-state index in [4.69, 9.17) is 16.0 Å². The van der Waals surface area contributed by atoms with E-state index < -0.39 is 0 Å². The predicted molar refractivity (Wildman–Crippen MR) is 73.0 cm³/mol. The Morgan fingerprint density at radius 1 is 1.25 bits per heavy atom. The molecule has 0 saturated heterocycles. The Balaban J connectivity index is 2.40. The minimum absolute atomic E-state index is 0.204. The molecule has 0 spiro atoms. The van der Waals surface area contributed by atoms with Gasteiger partial charge in [-0.2, -0.15) is 0 Å². The summed E-state index contributed by atoms with van der Waals surface area (Å²) in [5.74, 6) is 0.867. The van der Waals surface area contributed by atoms with Gasteiger partial charge in [-0.05, 0) is 36.8 Å². The first kappa shape index (κ1) is 12.2. The van der Waals surface area contributed by atoms with Crippen LogP contribution in [0.15, 0.2) is 43.9 Å². The molecule has 0 N–H and O–H groups in total. The lowest BCUT2D eigenvalue weighted by Gasteiger charge is -2.10. The fraction of sp³-hybridized carbons (Fsp3) is 0.167. The van der Waals surface area contributed by atoms with Gasteiger partial charge in [0.1, 0.15) is 5.76 Å². The lowest BCUT2D eigenvalue weighted by Crippen LogP contribution is -1.92. The highest BCUT2D eigenvalue weighted by Gasteiger charge is 2.16. The van der Waals surface area contributed by atoms with Gasteiger partial charge < -0.3 is 4.42 Å². The van der Waals surface area contributed by atoms with Gasteiger partial charge in [-0.3, -0.25) is 0 Å². The third-order valence-corrected chi connectivity index (χ3v) is 3.98. The van der Waals surface area contributed by atoms with Crippen LogP contribution in [-0.4, -0.2) is 0 Å². The van der Waals surface area contributed by atoms with Crippen LogP contribution in [-0.2, 0) is 0 Å². The molecule has 0 amide bonds. The van der Waals surface area contributed by atoms with E-state index in [2.05, 4.69) is 31.9 Å². The Hall–Kier alpha value is -0.250. The Kier molecular flexibility index (Phi) is 3.77. The van der Waals surface area contributed by atoms with E-state index in [-0.39, 0.29) is 5.38 Å². The Bertz CT molecular complexity index is 507. The highest BCUT2D eigenvalue weighted by Crippen LogP contribution is 2.36. The number of benzene rings is 1. The van der Waals surface area contributed by atoms with Gasteiger partial charge in [0, 0.05) is 14.5 Å². The first-order valence-electron chi connectivity index (χ1n) is 4.72. The van der Waals surface area contributed by atoms with Crippen LogP contribution in [0.5, 0.6) is 0 Å². The lowest BCUT2D eigenvalue weighted by atomic mass is 10.1. The fourth-order valence-corrected chi connectivity index (χ4v) is 2.77. The average Bonchev–Trinajstić information content (AvgIpc) is 2.67. The van der Waals surface area contributed by atoms with Crippen molar-refractivity contribution >= 4 is 43.5 Å². The number of hydrogen-bond donors (Lipinski definition) is 0. The molecule has 0 aliphatic carbocycles. The van der Waals surface area contributed by atoms with E-state index in [0.29, 0.717) is 0 Å². The Morgan fingerprint density at radius 3 is 2.62 bits per heavy atom. The van der Waals surface area contributed by atoms with Crippen molar-refractivity contribution in [2.24, 2.45) is 0 Å². The van der Waals surface area contributed by atoms with E-state index in [1.807, 2.05) is 31.2 Å². The maximum absolute atomic E-state index is 6.41. The van der Waals surface area contributed by atoms with E-state index in [1.165, 1.54) is 0 Å². The molecule has 0 fully saturated rings. The third kappa shape index (κ3) is 2.53. The third-order valence-electron chi connectivity index (χ3n) is 2.27. The number of halogens is 3. The van der Waals surface area contributed by atoms with Gasteiger partial charge in [-0.15, -0.1) is 11.6 Å². The molecule has 0 bridgehead atoms. The fourth-order valence-electron chi connectivity index (χ4n) is 1.49. The van der Waals surface area contributed by atoms with Crippen molar-refractivity contribution in [3.63, 3.8) is 0 Å². The largest absolute Gasteiger partial charge is 0.469 e. The molecule has 1 nitrogen and oxygen atoms in total. The second-order valence-corrected chi connectivity index (χ2v) is 5.73. The molecular formula is C12H9Br2ClO. The Morgan fingerprint density at radius 2 is 2.00 bits per heavy atom. The summed E-state index contributed by atoms with van der Waals surface area (Å²) in [6, 6.07) is 7.90. The van der Waals surface area contributed by atoms with Crippen LogP contribution >= 0.6 is 43.5 Å². The van der Waals surface area contributed by atoms with Crippen molar-refractivity contribution < 1.29 is 4.42 Å². The maximum Gasteiger partial charge on any atom is 0.101 e. The lowest BCUT2D eigenvalue weighted by molar-refractivity contribution is 0.532. The molecule has 4 heteroatoms. The summed E-state index contributed by atoms with van der Waals surface area (Å²) in [6.45, 7) is 1.91. The van der Waals surface area contributed by atoms with Crippen molar-refractivity contribution in [2.75, 3.05) is 0 Å². The van der Waals surface area contributed by atoms with Crippen molar-refractivity contribution in [2.45, 2.75) is 12.3 Å². The van der Waals surface area contributed by atoms with Gasteiger partial charge in [-0.1, -0.05) is 31.9 Å². The summed E-state index contributed by atoms with van der Waals surface area (Å²) in [5.41, 5.74) is 2.00. The molecular weight excluding hydrogens is 355 g/mol. The number of rotatable bonds is 2. The van der Waals surface area contributed by atoms with E-state index >= 15 is 0 Å². The maximum atomic E-state index is 6.41. The van der Waals surface area contributed by atoms with Gasteiger partial charge >= 0.3 is 0 Å². The van der Waals surface area contributed by atoms with Crippen LogP contribution in [0.4, 0.5) is 0 Å². The number of hydrogen-bond acceptors (Lipinski definition) is 1. The second kappa shape index (κ2) is 4.94. The number of furan rings is 1. The van der Waals surface area contributed by atoms with Gasteiger partial charge in [-0.25, -0.2) is 0 Å². The molecule has 1 aromatic heterocycles. The molecule has 2 rings (SSSR count). The smallest absolute Gasteiger partial charge is 0.101 e. The standard InChI is InChI=1S/C12H9Br2ClO/c1-7-4-8(6-16-7)12(15)10-5-9(13)2-3-11(10)14/h2-6,12H,1H3. The van der Waals surface area contributed by atoms with Crippen LogP contribution in [0.25, 0.3) is 0 Å². The monoisotopic (exact) mass is 362 g/mol. The summed E-state index contributed by atoms with van der Waals surface area (Å²) in [5, 5.41) is -0.204. The summed E-state index contributed by atoms with van der Waals surface area (Å²) >= 11 is 13.4. The zero-order chi connectivity index (χ0) is 11.7. The molecule has 1 aromatic carbocycles. The normalized spacial score (nSPS) is 12.8. The zero-order valence-electron chi connectivity index (χ0n) is 8.51. The van der Waals surface area contributed by atoms with Crippen molar-refractivity contribution in [3.8, 4) is 0 Å². The van der Waals surface area contributed by atoms with Crippen LogP contribution in [0.2, 0.25) is 0 Å². The van der Waals surface area contributed by atoms with Gasteiger partial charge in [0.05, 0.1) is 11.6 Å². The van der Waals surface area contributed by atoms with Crippen molar-refractivity contribution in [3.05, 3.63) is 56.4 Å². The molecule has 0 aliphatic heterocycles. The molecule has 16 heavy (non-hydrogen) atoms. The second-order valence-electron chi connectivity index (χ2n) is 3.52. The molecule has 84 valence electrons. The molecule has 1 heterocycles. The van der Waals surface area contributed by atoms with Crippen LogP contribution in [0.1, 0.15) is 22.3 Å². The van der Waals surface area contributed by atoms with Gasteiger partial charge in [0.25, 0.3) is 0 Å². The highest BCUT2D eigenvalue weighted by molar-refractivity contribution is 9.11. The van der Waals surface area contributed by atoms with Gasteiger partial charge in [0.2, 0.25) is 0 Å². The summed E-state index contributed by atoms with van der Waals surface area (Å²) in [4.78, 5) is 0. The topological polar surface area (TPSA) is 13.1 Å². The number of aryl methyl sites for hydroxylation is 1. The van der Waals surface area contributed by atoms with Crippen LogP contribution < -0.4 is 0 Å². The molecule has 1 atom stereocenters. The van der Waals surface area contributed by atoms with Crippen LogP contribution in [0, 0.1) is 6.92 Å². The summed E-state index contributed by atoms with van der Waals surface area (Å²) in [6.07, 6.45) is 1.69. The summed E-state index contributed by atoms with van der Waals surface area (Å²) < 4.78 is 7.27. The first-order chi connectivity index (χ1) is 7.58. The van der Waals surface area contributed by atoms with E-state index in [1.54, 1.807) is 6.26 Å². The predicted octanol–water partition coefficient (Wildman–Crippen LogP) is 5.44. The summed E-state index contributed by atoms with van der Waals surface area (Å²) in [7, 11) is 0. The quantitative estimate of drug-likeness (QED) is 0.647. The molecule has 0 saturated carbocycles. The molecule has 0 radical (unpaired) electrons. The Labute approximate surface area is 116 Å². The molecule has 0 aliphatic rings. The van der Waals surface area contributed by atoms with Gasteiger partial charge in [0.15, 0.2) is 0 Å². The average molecular weight is 364 g/mol. The minimum Gasteiger partial charge on any atom is -0.469 e. The minimum atomic E-state index is -0.204. The van der Waals surface area contributed by atoms with Crippen molar-refractivity contribution in [1.29, 1.82) is 0 Å². The first-order valence-corrected chi connectivity index (χ1v) is 6.74. The zero-order valence-corrected chi connectivity index (χ0v) is 12.4.